The molecule has 0 radical (unpaired) electrons. The van der Waals surface area contributed by atoms with Crippen LogP contribution in [0.15, 0.2) is 102 Å². The molecule has 6 nitrogen and oxygen atoms in total. The van der Waals surface area contributed by atoms with Crippen LogP contribution in [0.1, 0.15) is 121 Å². The van der Waals surface area contributed by atoms with Crippen molar-refractivity contribution in [2.24, 2.45) is 5.41 Å². The molecule has 0 N–H and O–H groups in total. The van der Waals surface area contributed by atoms with E-state index in [1.54, 1.807) is 12.2 Å². The van der Waals surface area contributed by atoms with Gasteiger partial charge in [0.2, 0.25) is 0 Å². The van der Waals surface area contributed by atoms with E-state index in [1.807, 2.05) is 54.6 Å². The van der Waals surface area contributed by atoms with E-state index in [2.05, 4.69) is 52.0 Å². The Kier molecular flexibility index (Phi) is 13.5. The first kappa shape index (κ1) is 39.8. The summed E-state index contributed by atoms with van der Waals surface area (Å²) in [5.41, 5.74) is 6.51. The molecule has 0 saturated heterocycles. The van der Waals surface area contributed by atoms with Gasteiger partial charge in [-0.3, -0.25) is 0 Å². The van der Waals surface area contributed by atoms with Gasteiger partial charge in [0.1, 0.15) is 23.4 Å². The van der Waals surface area contributed by atoms with Crippen LogP contribution in [0.5, 0.6) is 17.2 Å². The van der Waals surface area contributed by atoms with Crippen molar-refractivity contribution in [3.05, 3.63) is 124 Å². The van der Waals surface area contributed by atoms with Gasteiger partial charge in [-0.15, -0.1) is 0 Å². The van der Waals surface area contributed by atoms with Crippen LogP contribution in [-0.4, -0.2) is 31.3 Å². The van der Waals surface area contributed by atoms with Gasteiger partial charge < -0.3 is 18.9 Å². The molecule has 55 heavy (non-hydrogen) atoms. The van der Waals surface area contributed by atoms with Gasteiger partial charge in [-0.25, -0.2) is 9.59 Å². The lowest BCUT2D eigenvalue weighted by atomic mass is 9.62. The number of allylic oxidation sites excluding steroid dienone is 2. The molecule has 0 heterocycles. The number of rotatable bonds is 18. The average molecular weight is 743 g/mol. The Balaban J connectivity index is 1.08. The van der Waals surface area contributed by atoms with Gasteiger partial charge in [-0.05, 0) is 126 Å². The quantitative estimate of drug-likeness (QED) is 0.0559. The maximum absolute atomic E-state index is 13.0. The molecule has 0 amide bonds. The van der Waals surface area contributed by atoms with E-state index in [1.165, 1.54) is 73.0 Å². The van der Waals surface area contributed by atoms with Crippen LogP contribution < -0.4 is 14.2 Å². The highest BCUT2D eigenvalue weighted by atomic mass is 16.5. The zero-order chi connectivity index (χ0) is 38.7. The van der Waals surface area contributed by atoms with Gasteiger partial charge in [0.25, 0.3) is 0 Å². The minimum atomic E-state index is -0.423. The van der Waals surface area contributed by atoms with Crippen molar-refractivity contribution >= 4 is 24.1 Å². The van der Waals surface area contributed by atoms with E-state index in [-0.39, 0.29) is 22.9 Å². The first-order valence-electron chi connectivity index (χ1n) is 20.5. The highest BCUT2D eigenvalue weighted by Gasteiger charge is 2.58. The highest BCUT2D eigenvalue weighted by molar-refractivity contribution is 5.89. The molecule has 6 heteroatoms. The Bertz CT molecular complexity index is 1890. The molecule has 290 valence electrons. The van der Waals surface area contributed by atoms with Gasteiger partial charge in [0.05, 0.1) is 13.2 Å². The monoisotopic (exact) mass is 742 g/mol. The largest absolute Gasteiger partial charge is 0.494 e. The molecule has 0 aromatic heterocycles. The highest BCUT2D eigenvalue weighted by Crippen LogP contribution is 2.65. The molecule has 1 fully saturated rings. The molecule has 3 aliphatic rings. The summed E-state index contributed by atoms with van der Waals surface area (Å²) in [4.78, 5) is 26.0. The third-order valence-corrected chi connectivity index (χ3v) is 11.5. The standard InChI is InChI=1S/C49H58O6/c1-5-7-9-11-31-52-40-21-13-36(14-22-40)17-27-46(50)54-42-25-19-38-29-30-49(44(38)33-42)45-34-43(26-20-39(45)35-48(49,3)4)55-47(51)28-18-37-15-23-41(24-16-37)53-32-12-10-8-6-2/h13-25,27-28,33-34,43H,5-12,26,29-32,35H2,1-4H3/b27-17+,28-18+/t43-,49-/m1/s1. The lowest BCUT2D eigenvalue weighted by Crippen LogP contribution is -2.37. The van der Waals surface area contributed by atoms with Gasteiger partial charge in [-0.2, -0.15) is 0 Å². The summed E-state index contributed by atoms with van der Waals surface area (Å²) in [6.45, 7) is 10.5. The van der Waals surface area contributed by atoms with E-state index in [0.717, 1.165) is 61.3 Å². The summed E-state index contributed by atoms with van der Waals surface area (Å²) >= 11 is 0. The van der Waals surface area contributed by atoms with E-state index < -0.39 is 5.97 Å². The lowest BCUT2D eigenvalue weighted by Gasteiger charge is -2.41. The van der Waals surface area contributed by atoms with E-state index in [0.29, 0.717) is 18.8 Å². The number of benzene rings is 3. The molecule has 6 rings (SSSR count). The van der Waals surface area contributed by atoms with E-state index in [4.69, 9.17) is 18.9 Å². The second-order valence-electron chi connectivity index (χ2n) is 15.8. The summed E-state index contributed by atoms with van der Waals surface area (Å²) in [6.07, 6.45) is 23.5. The Labute approximate surface area is 328 Å². The van der Waals surface area contributed by atoms with Gasteiger partial charge in [0, 0.05) is 24.0 Å². The van der Waals surface area contributed by atoms with Crippen molar-refractivity contribution < 1.29 is 28.5 Å². The SMILES string of the molecule is CCCCCCOc1ccc(/C=C/C(=O)Oc2ccc3c(c2)[C@]2(CC3)C3=C[C@H](OC(=O)/C=C/c4ccc(OCCCCCC)cc4)CC=C3CC2(C)C)cc1. The molecular formula is C49H58O6. The first-order chi connectivity index (χ1) is 26.7. The van der Waals surface area contributed by atoms with Gasteiger partial charge in [-0.1, -0.05) is 103 Å². The van der Waals surface area contributed by atoms with Crippen LogP contribution in [0, 0.1) is 5.41 Å². The van der Waals surface area contributed by atoms with Crippen LogP contribution >= 0.6 is 0 Å². The third kappa shape index (κ3) is 9.89. The molecule has 0 aliphatic heterocycles. The van der Waals surface area contributed by atoms with Gasteiger partial charge in [0.15, 0.2) is 0 Å². The number of esters is 2. The fourth-order valence-electron chi connectivity index (χ4n) is 8.52. The Morgan fingerprint density at radius 2 is 1.31 bits per heavy atom. The normalized spacial score (nSPS) is 19.6. The summed E-state index contributed by atoms with van der Waals surface area (Å²) in [6, 6.07) is 21.6. The number of aryl methyl sites for hydroxylation is 1. The molecule has 1 spiro atoms. The second kappa shape index (κ2) is 18.7. The minimum Gasteiger partial charge on any atom is -0.494 e. The van der Waals surface area contributed by atoms with Crippen molar-refractivity contribution in [3.8, 4) is 17.2 Å². The van der Waals surface area contributed by atoms with Crippen molar-refractivity contribution in [1.82, 2.24) is 0 Å². The summed E-state index contributed by atoms with van der Waals surface area (Å²) < 4.78 is 23.6. The topological polar surface area (TPSA) is 71.1 Å². The predicted octanol–water partition coefficient (Wildman–Crippen LogP) is 11.7. The zero-order valence-corrected chi connectivity index (χ0v) is 33.2. The number of carbonyl (C=O) groups excluding carboxylic acids is 2. The lowest BCUT2D eigenvalue weighted by molar-refractivity contribution is -0.140. The van der Waals surface area contributed by atoms with Gasteiger partial charge >= 0.3 is 11.9 Å². The summed E-state index contributed by atoms with van der Waals surface area (Å²) in [7, 11) is 0. The molecule has 1 saturated carbocycles. The second-order valence-corrected chi connectivity index (χ2v) is 15.8. The summed E-state index contributed by atoms with van der Waals surface area (Å²) in [5, 5.41) is 0. The maximum Gasteiger partial charge on any atom is 0.336 e. The molecular weight excluding hydrogens is 685 g/mol. The minimum absolute atomic E-state index is 0.0754. The van der Waals surface area contributed by atoms with Crippen LogP contribution in [0.2, 0.25) is 0 Å². The fraction of sp³-hybridized carbons (Fsp3) is 0.429. The molecule has 3 aliphatic carbocycles. The van der Waals surface area contributed by atoms with Crippen molar-refractivity contribution in [2.45, 2.75) is 116 Å². The molecule has 3 aromatic carbocycles. The van der Waals surface area contributed by atoms with Crippen LogP contribution in [0.3, 0.4) is 0 Å². The van der Waals surface area contributed by atoms with E-state index in [9.17, 15) is 9.59 Å². The molecule has 2 atom stereocenters. The molecule has 0 unspecified atom stereocenters. The first-order valence-corrected chi connectivity index (χ1v) is 20.5. The van der Waals surface area contributed by atoms with Crippen molar-refractivity contribution in [3.63, 3.8) is 0 Å². The number of ether oxygens (including phenoxy) is 4. The smallest absolute Gasteiger partial charge is 0.336 e. The third-order valence-electron chi connectivity index (χ3n) is 11.5. The van der Waals surface area contributed by atoms with Crippen molar-refractivity contribution in [2.75, 3.05) is 13.2 Å². The fourth-order valence-corrected chi connectivity index (χ4v) is 8.52. The predicted molar refractivity (Wildman–Crippen MR) is 221 cm³/mol. The Hall–Kier alpha value is -4.84. The Morgan fingerprint density at radius 1 is 0.727 bits per heavy atom. The molecule has 3 aromatic rings. The van der Waals surface area contributed by atoms with Crippen LogP contribution in [0.4, 0.5) is 0 Å². The zero-order valence-electron chi connectivity index (χ0n) is 33.2. The number of unbranched alkanes of at least 4 members (excludes halogenated alkanes) is 6. The van der Waals surface area contributed by atoms with Crippen LogP contribution in [0.25, 0.3) is 12.2 Å². The maximum atomic E-state index is 13.0. The summed E-state index contributed by atoms with van der Waals surface area (Å²) in [5.74, 6) is 1.42. The number of carbonyl (C=O) groups is 2. The Morgan fingerprint density at radius 3 is 1.91 bits per heavy atom. The van der Waals surface area contributed by atoms with Crippen LogP contribution in [-0.2, 0) is 26.2 Å². The van der Waals surface area contributed by atoms with Crippen molar-refractivity contribution in [1.29, 1.82) is 0 Å². The number of hydrogen-bond donors (Lipinski definition) is 0. The molecule has 0 bridgehead atoms. The van der Waals surface area contributed by atoms with E-state index >= 15 is 0 Å². The number of hydrogen-bond acceptors (Lipinski definition) is 6. The average Bonchev–Trinajstić information content (AvgIpc) is 3.68. The number of fused-ring (bicyclic) bond motifs is 4.